The second-order valence-corrected chi connectivity index (χ2v) is 7.88. The molecule has 0 spiro atoms. The molecule has 0 saturated carbocycles. The molecule has 3 fully saturated rings. The van der Waals surface area contributed by atoms with E-state index in [4.69, 9.17) is 23.7 Å². The van der Waals surface area contributed by atoms with Gasteiger partial charge >= 0.3 is 0 Å². The van der Waals surface area contributed by atoms with Gasteiger partial charge in [-0.2, -0.15) is 0 Å². The zero-order chi connectivity index (χ0) is 23.7. The average Bonchev–Trinajstić information content (AvgIpc) is 2.78. The molecule has 3 saturated heterocycles. The van der Waals surface area contributed by atoms with E-state index >= 15 is 0 Å². The Hall–Kier alpha value is -0.600. The van der Waals surface area contributed by atoms with Gasteiger partial charge in [0.15, 0.2) is 18.9 Å². The summed E-state index contributed by atoms with van der Waals surface area (Å²) in [5.41, 5.74) is 0. The first kappa shape index (κ1) is 26.0. The standard InChI is InChI=1S/C17H30O15/c18-1-4-7(20)10(23)12(25)16(29-4)32-14-9(22)5(2-19)30-17(13(14)26)31-6-3-28-15(27)11(24)8(6)21/h4-27H,1-3H2/t4-,5-,6-,7+,8+,9+,10+,11+,12-,13-,14+,15-,16+,17+/m1/s1. The molecule has 0 aromatic heterocycles. The first-order chi connectivity index (χ1) is 15.1. The van der Waals surface area contributed by atoms with Crippen LogP contribution in [0.2, 0.25) is 0 Å². The summed E-state index contributed by atoms with van der Waals surface area (Å²) in [6.45, 7) is -1.88. The van der Waals surface area contributed by atoms with Gasteiger partial charge in [0.2, 0.25) is 0 Å². The van der Waals surface area contributed by atoms with Gasteiger partial charge in [-0.3, -0.25) is 0 Å². The van der Waals surface area contributed by atoms with Gasteiger partial charge in [0.25, 0.3) is 0 Å². The molecule has 3 aliphatic heterocycles. The van der Waals surface area contributed by atoms with Crippen molar-refractivity contribution in [1.29, 1.82) is 0 Å². The predicted molar refractivity (Wildman–Crippen MR) is 95.2 cm³/mol. The maximum absolute atomic E-state index is 10.7. The fourth-order valence-corrected chi connectivity index (χ4v) is 3.73. The number of aliphatic hydroxyl groups excluding tert-OH is 10. The van der Waals surface area contributed by atoms with E-state index in [1.54, 1.807) is 0 Å². The van der Waals surface area contributed by atoms with Crippen molar-refractivity contribution < 1.29 is 74.7 Å². The number of ether oxygens (including phenoxy) is 5. The van der Waals surface area contributed by atoms with Crippen molar-refractivity contribution in [3.8, 4) is 0 Å². The summed E-state index contributed by atoms with van der Waals surface area (Å²) in [6.07, 6.45) is -22.7. The van der Waals surface area contributed by atoms with Crippen LogP contribution in [0, 0.1) is 0 Å². The highest BCUT2D eigenvalue weighted by molar-refractivity contribution is 4.95. The van der Waals surface area contributed by atoms with Gasteiger partial charge in [-0.1, -0.05) is 0 Å². The lowest BCUT2D eigenvalue weighted by molar-refractivity contribution is -0.372. The van der Waals surface area contributed by atoms with Crippen LogP contribution >= 0.6 is 0 Å². The van der Waals surface area contributed by atoms with Gasteiger partial charge in [-0.25, -0.2) is 0 Å². The fraction of sp³-hybridized carbons (Fsp3) is 1.00. The van der Waals surface area contributed by atoms with Gasteiger partial charge in [-0.05, 0) is 0 Å². The highest BCUT2D eigenvalue weighted by atomic mass is 16.7. The largest absolute Gasteiger partial charge is 0.394 e. The molecular weight excluding hydrogens is 444 g/mol. The van der Waals surface area contributed by atoms with E-state index in [1.807, 2.05) is 0 Å². The van der Waals surface area contributed by atoms with Crippen molar-refractivity contribution >= 4 is 0 Å². The third-order valence-electron chi connectivity index (χ3n) is 5.72. The molecule has 10 N–H and O–H groups in total. The minimum absolute atomic E-state index is 0.392. The Morgan fingerprint density at radius 2 is 1.16 bits per heavy atom. The zero-order valence-electron chi connectivity index (χ0n) is 16.7. The second kappa shape index (κ2) is 10.8. The quantitative estimate of drug-likeness (QED) is 0.172. The first-order valence-electron chi connectivity index (χ1n) is 10.00. The van der Waals surface area contributed by atoms with E-state index in [1.165, 1.54) is 0 Å². The maximum Gasteiger partial charge on any atom is 0.187 e. The smallest absolute Gasteiger partial charge is 0.187 e. The topological polar surface area (TPSA) is 248 Å². The monoisotopic (exact) mass is 474 g/mol. The van der Waals surface area contributed by atoms with E-state index in [-0.39, 0.29) is 0 Å². The summed E-state index contributed by atoms with van der Waals surface area (Å²) in [5, 5.41) is 99.0. The second-order valence-electron chi connectivity index (χ2n) is 7.88. The molecule has 14 atom stereocenters. The fourth-order valence-electron chi connectivity index (χ4n) is 3.73. The molecular formula is C17H30O15. The number of aliphatic hydroxyl groups is 10. The minimum atomic E-state index is -1.83. The van der Waals surface area contributed by atoms with Crippen LogP contribution in [0.5, 0.6) is 0 Å². The maximum atomic E-state index is 10.7. The highest BCUT2D eigenvalue weighted by Crippen LogP contribution is 2.31. The van der Waals surface area contributed by atoms with Crippen LogP contribution in [-0.4, -0.2) is 157 Å². The van der Waals surface area contributed by atoms with Crippen molar-refractivity contribution in [2.75, 3.05) is 19.8 Å². The van der Waals surface area contributed by atoms with Crippen molar-refractivity contribution in [2.24, 2.45) is 0 Å². The van der Waals surface area contributed by atoms with Gasteiger partial charge < -0.3 is 74.7 Å². The molecule has 0 aliphatic carbocycles. The number of hydrogen-bond acceptors (Lipinski definition) is 15. The molecule has 0 amide bonds. The molecule has 0 bridgehead atoms. The van der Waals surface area contributed by atoms with E-state index in [0.717, 1.165) is 0 Å². The molecule has 0 unspecified atom stereocenters. The Morgan fingerprint density at radius 3 is 1.75 bits per heavy atom. The lowest BCUT2D eigenvalue weighted by Gasteiger charge is -2.47. The summed E-state index contributed by atoms with van der Waals surface area (Å²) < 4.78 is 26.2. The van der Waals surface area contributed by atoms with Gasteiger partial charge in [0, 0.05) is 0 Å². The molecule has 0 aromatic carbocycles. The molecule has 32 heavy (non-hydrogen) atoms. The minimum Gasteiger partial charge on any atom is -0.394 e. The van der Waals surface area contributed by atoms with E-state index in [9.17, 15) is 51.1 Å². The zero-order valence-corrected chi connectivity index (χ0v) is 16.7. The van der Waals surface area contributed by atoms with Gasteiger partial charge in [0.05, 0.1) is 19.8 Å². The summed E-state index contributed by atoms with van der Waals surface area (Å²) in [4.78, 5) is 0. The molecule has 188 valence electrons. The van der Waals surface area contributed by atoms with E-state index in [0.29, 0.717) is 0 Å². The lowest BCUT2D eigenvalue weighted by atomic mass is 9.96. The van der Waals surface area contributed by atoms with Crippen LogP contribution in [0.15, 0.2) is 0 Å². The van der Waals surface area contributed by atoms with Crippen molar-refractivity contribution in [2.45, 2.75) is 86.0 Å². The molecule has 3 heterocycles. The molecule has 0 radical (unpaired) electrons. The first-order valence-corrected chi connectivity index (χ1v) is 10.00. The van der Waals surface area contributed by atoms with Crippen molar-refractivity contribution in [1.82, 2.24) is 0 Å². The van der Waals surface area contributed by atoms with Crippen LogP contribution in [0.4, 0.5) is 0 Å². The van der Waals surface area contributed by atoms with Crippen LogP contribution in [0.3, 0.4) is 0 Å². The van der Waals surface area contributed by atoms with E-state index in [2.05, 4.69) is 0 Å². The number of rotatable bonds is 6. The van der Waals surface area contributed by atoms with Crippen molar-refractivity contribution in [3.05, 3.63) is 0 Å². The van der Waals surface area contributed by atoms with Crippen LogP contribution in [0.25, 0.3) is 0 Å². The Balaban J connectivity index is 1.73. The Labute approximate surface area is 181 Å². The van der Waals surface area contributed by atoms with Crippen LogP contribution in [0.1, 0.15) is 0 Å². The summed E-state index contributed by atoms with van der Waals surface area (Å²) in [7, 11) is 0. The molecule has 0 aromatic rings. The molecule has 3 rings (SSSR count). The lowest BCUT2D eigenvalue weighted by Crippen LogP contribution is -2.65. The highest BCUT2D eigenvalue weighted by Gasteiger charge is 2.52. The summed E-state index contributed by atoms with van der Waals surface area (Å²) >= 11 is 0. The average molecular weight is 474 g/mol. The Morgan fingerprint density at radius 1 is 0.594 bits per heavy atom. The molecule has 15 heteroatoms. The SMILES string of the molecule is OC[C@H]1O[C@@H](O[C@H]2[C@@H](O)[C@@H](CO)O[C@@H](O[C@@H]3CO[C@@H](O)[C@@H](O)[C@H]3O)[C@@H]2O)[C@H](O)[C@@H](O)[C@H]1O. The Bertz CT molecular complexity index is 594. The molecule has 3 aliphatic rings. The third-order valence-corrected chi connectivity index (χ3v) is 5.72. The van der Waals surface area contributed by atoms with Crippen LogP contribution in [-0.2, 0) is 23.7 Å². The van der Waals surface area contributed by atoms with Crippen LogP contribution < -0.4 is 0 Å². The summed E-state index contributed by atoms with van der Waals surface area (Å²) in [5.74, 6) is 0. The van der Waals surface area contributed by atoms with Crippen molar-refractivity contribution in [3.63, 3.8) is 0 Å². The van der Waals surface area contributed by atoms with Gasteiger partial charge in [-0.15, -0.1) is 0 Å². The predicted octanol–water partition coefficient (Wildman–Crippen LogP) is -6.93. The Kier molecular flexibility index (Phi) is 8.75. The summed E-state index contributed by atoms with van der Waals surface area (Å²) in [6, 6.07) is 0. The third kappa shape index (κ3) is 5.07. The number of hydrogen-bond donors (Lipinski definition) is 10. The normalized spacial score (nSPS) is 52.7. The molecule has 15 nitrogen and oxygen atoms in total. The van der Waals surface area contributed by atoms with E-state index < -0.39 is 106 Å². The van der Waals surface area contributed by atoms with Gasteiger partial charge in [0.1, 0.15) is 67.1 Å².